The minimum Gasteiger partial charge on any atom is -0.329 e. The van der Waals surface area contributed by atoms with Gasteiger partial charge in [-0.05, 0) is 12.8 Å². The maximum absolute atomic E-state index is 12.5. The van der Waals surface area contributed by atoms with Gasteiger partial charge in [0, 0.05) is 24.9 Å². The number of nitrogens with zero attached hydrogens (tertiary/aromatic N) is 1. The summed E-state index contributed by atoms with van der Waals surface area (Å²) in [6, 6.07) is 0. The molecule has 0 aromatic carbocycles. The zero-order valence-corrected chi connectivity index (χ0v) is 14.0. The fraction of sp³-hybridized carbons (Fsp3) is 1.00. The van der Waals surface area contributed by atoms with Crippen molar-refractivity contribution < 1.29 is 16.8 Å². The van der Waals surface area contributed by atoms with Crippen molar-refractivity contribution in [3.8, 4) is 0 Å². The van der Waals surface area contributed by atoms with Gasteiger partial charge in [-0.2, -0.15) is 4.31 Å². The summed E-state index contributed by atoms with van der Waals surface area (Å²) in [6.07, 6.45) is 5.61. The third-order valence-corrected chi connectivity index (χ3v) is 7.27. The molecule has 20 heavy (non-hydrogen) atoms. The molecule has 0 unspecified atom stereocenters. The summed E-state index contributed by atoms with van der Waals surface area (Å²) in [5.74, 6) is -0.700. The quantitative estimate of drug-likeness (QED) is 0.728. The summed E-state index contributed by atoms with van der Waals surface area (Å²) in [5.41, 5.74) is 5.34. The standard InChI is InChI=1S/C12H26N2O4S2/c1-3-14(12(11-13)7-5-4-6-8-12)20(17,18)10-9-19(2,15)16/h3-11,13H2,1-2H3. The maximum Gasteiger partial charge on any atom is 0.215 e. The monoisotopic (exact) mass is 326 g/mol. The Morgan fingerprint density at radius 2 is 1.60 bits per heavy atom. The van der Waals surface area contributed by atoms with Crippen molar-refractivity contribution in [3.05, 3.63) is 0 Å². The molecule has 6 nitrogen and oxygen atoms in total. The Balaban J connectivity index is 2.97. The van der Waals surface area contributed by atoms with Gasteiger partial charge in [-0.15, -0.1) is 0 Å². The normalized spacial score (nSPS) is 20.2. The van der Waals surface area contributed by atoms with E-state index in [1.807, 2.05) is 0 Å². The van der Waals surface area contributed by atoms with Crippen LogP contribution >= 0.6 is 0 Å². The highest BCUT2D eigenvalue weighted by Crippen LogP contribution is 2.34. The lowest BCUT2D eigenvalue weighted by molar-refractivity contribution is 0.141. The third kappa shape index (κ3) is 4.41. The van der Waals surface area contributed by atoms with Gasteiger partial charge in [0.1, 0.15) is 9.84 Å². The topological polar surface area (TPSA) is 97.5 Å². The van der Waals surface area contributed by atoms with Crippen LogP contribution in [-0.4, -0.2) is 57.5 Å². The van der Waals surface area contributed by atoms with Gasteiger partial charge in [-0.25, -0.2) is 16.8 Å². The smallest absolute Gasteiger partial charge is 0.215 e. The second-order valence-corrected chi connectivity index (χ2v) is 9.87. The highest BCUT2D eigenvalue weighted by molar-refractivity contribution is 7.93. The van der Waals surface area contributed by atoms with E-state index in [1.165, 1.54) is 4.31 Å². The van der Waals surface area contributed by atoms with Crippen LogP contribution in [0.1, 0.15) is 39.0 Å². The Hall–Kier alpha value is -0.180. The number of sulfone groups is 1. The van der Waals surface area contributed by atoms with Crippen molar-refractivity contribution in [2.75, 3.05) is 30.9 Å². The Kier molecular flexibility index (Phi) is 6.01. The van der Waals surface area contributed by atoms with Crippen LogP contribution in [0.4, 0.5) is 0 Å². The fourth-order valence-electron chi connectivity index (χ4n) is 2.96. The van der Waals surface area contributed by atoms with E-state index in [-0.39, 0.29) is 11.5 Å². The van der Waals surface area contributed by atoms with Crippen LogP contribution in [-0.2, 0) is 19.9 Å². The second-order valence-electron chi connectivity index (χ2n) is 5.60. The van der Waals surface area contributed by atoms with E-state index in [9.17, 15) is 16.8 Å². The van der Waals surface area contributed by atoms with Gasteiger partial charge >= 0.3 is 0 Å². The van der Waals surface area contributed by atoms with Crippen molar-refractivity contribution in [2.45, 2.75) is 44.6 Å². The van der Waals surface area contributed by atoms with Gasteiger partial charge in [0.25, 0.3) is 0 Å². The van der Waals surface area contributed by atoms with Gasteiger partial charge < -0.3 is 5.73 Å². The molecular formula is C12H26N2O4S2. The number of rotatable bonds is 7. The summed E-state index contributed by atoms with van der Waals surface area (Å²) >= 11 is 0. The highest BCUT2D eigenvalue weighted by Gasteiger charge is 2.42. The molecule has 2 N–H and O–H groups in total. The predicted molar refractivity (Wildman–Crippen MR) is 80.7 cm³/mol. The zero-order chi connectivity index (χ0) is 15.4. The number of hydrogen-bond acceptors (Lipinski definition) is 5. The van der Waals surface area contributed by atoms with Gasteiger partial charge in [0.2, 0.25) is 10.0 Å². The molecule has 0 bridgehead atoms. The molecule has 0 aromatic heterocycles. The summed E-state index contributed by atoms with van der Waals surface area (Å²) in [4.78, 5) is 0. The van der Waals surface area contributed by atoms with Crippen LogP contribution in [0.25, 0.3) is 0 Å². The van der Waals surface area contributed by atoms with Crippen LogP contribution in [0.5, 0.6) is 0 Å². The average molecular weight is 326 g/mol. The molecule has 1 saturated carbocycles. The molecule has 0 aromatic rings. The van der Waals surface area contributed by atoms with E-state index in [0.717, 1.165) is 38.4 Å². The minimum atomic E-state index is -3.60. The van der Waals surface area contributed by atoms with Crippen LogP contribution in [0.2, 0.25) is 0 Å². The largest absolute Gasteiger partial charge is 0.329 e. The molecule has 0 spiro atoms. The van der Waals surface area contributed by atoms with Gasteiger partial charge in [0.15, 0.2) is 0 Å². The molecule has 120 valence electrons. The highest BCUT2D eigenvalue weighted by atomic mass is 32.2. The second kappa shape index (κ2) is 6.72. The van der Waals surface area contributed by atoms with E-state index in [2.05, 4.69) is 0 Å². The Labute approximate surface area is 122 Å². The maximum atomic E-state index is 12.5. The van der Waals surface area contributed by atoms with Crippen molar-refractivity contribution in [1.29, 1.82) is 0 Å². The third-order valence-electron chi connectivity index (χ3n) is 4.03. The molecule has 0 amide bonds. The Morgan fingerprint density at radius 3 is 2.00 bits per heavy atom. The minimum absolute atomic E-state index is 0.291. The molecule has 1 aliphatic rings. The summed E-state index contributed by atoms with van der Waals surface area (Å²) in [7, 11) is -6.89. The number of likely N-dealkylation sites (N-methyl/N-ethyl adjacent to an activating group) is 1. The van der Waals surface area contributed by atoms with E-state index in [0.29, 0.717) is 13.1 Å². The zero-order valence-electron chi connectivity index (χ0n) is 12.3. The van der Waals surface area contributed by atoms with E-state index < -0.39 is 25.4 Å². The Bertz CT molecular complexity index is 508. The average Bonchev–Trinajstić information content (AvgIpc) is 2.37. The summed E-state index contributed by atoms with van der Waals surface area (Å²) < 4.78 is 48.8. The van der Waals surface area contributed by atoms with Crippen LogP contribution < -0.4 is 5.73 Å². The van der Waals surface area contributed by atoms with Gasteiger partial charge in [-0.3, -0.25) is 0 Å². The van der Waals surface area contributed by atoms with Crippen LogP contribution in [0.3, 0.4) is 0 Å². The lowest BCUT2D eigenvalue weighted by Gasteiger charge is -2.44. The van der Waals surface area contributed by atoms with Crippen LogP contribution in [0.15, 0.2) is 0 Å². The molecule has 0 saturated heterocycles. The van der Waals surface area contributed by atoms with Gasteiger partial charge in [-0.1, -0.05) is 26.2 Å². The Morgan fingerprint density at radius 1 is 1.05 bits per heavy atom. The van der Waals surface area contributed by atoms with Crippen molar-refractivity contribution in [2.24, 2.45) is 5.73 Å². The SMILES string of the molecule is CCN(C1(CN)CCCCC1)S(=O)(=O)CCS(C)(=O)=O. The van der Waals surface area contributed by atoms with E-state index in [4.69, 9.17) is 5.73 Å². The lowest BCUT2D eigenvalue weighted by Crippen LogP contribution is -2.57. The first-order chi connectivity index (χ1) is 9.17. The number of sulfonamides is 1. The van der Waals surface area contributed by atoms with E-state index >= 15 is 0 Å². The van der Waals surface area contributed by atoms with Crippen molar-refractivity contribution >= 4 is 19.9 Å². The number of nitrogens with two attached hydrogens (primary N) is 1. The number of hydrogen-bond donors (Lipinski definition) is 1. The molecule has 1 rings (SSSR count). The lowest BCUT2D eigenvalue weighted by atomic mass is 9.81. The molecule has 0 atom stereocenters. The first-order valence-electron chi connectivity index (χ1n) is 7.05. The van der Waals surface area contributed by atoms with Gasteiger partial charge in [0.05, 0.1) is 11.5 Å². The predicted octanol–water partition coefficient (Wildman–Crippen LogP) is 0.344. The molecular weight excluding hydrogens is 300 g/mol. The molecule has 0 heterocycles. The van der Waals surface area contributed by atoms with Crippen LogP contribution in [0, 0.1) is 0 Å². The molecule has 0 aliphatic heterocycles. The van der Waals surface area contributed by atoms with Crippen molar-refractivity contribution in [3.63, 3.8) is 0 Å². The molecule has 1 fully saturated rings. The summed E-state index contributed by atoms with van der Waals surface area (Å²) in [5, 5.41) is 0. The van der Waals surface area contributed by atoms with Crippen molar-refractivity contribution in [1.82, 2.24) is 4.31 Å². The molecule has 8 heteroatoms. The first kappa shape index (κ1) is 17.9. The molecule has 1 aliphatic carbocycles. The fourth-order valence-corrected chi connectivity index (χ4v) is 6.47. The van der Waals surface area contributed by atoms with E-state index in [1.54, 1.807) is 6.92 Å². The molecule has 0 radical (unpaired) electrons. The first-order valence-corrected chi connectivity index (χ1v) is 10.7. The summed E-state index contributed by atoms with van der Waals surface area (Å²) in [6.45, 7) is 2.41.